The van der Waals surface area contributed by atoms with Crippen LogP contribution in [-0.2, 0) is 9.47 Å². The first-order chi connectivity index (χ1) is 6.20. The van der Waals surface area contributed by atoms with Crippen LogP contribution in [0, 0.1) is 0 Å². The lowest BCUT2D eigenvalue weighted by molar-refractivity contribution is -0.0155. The zero-order valence-corrected chi connectivity index (χ0v) is 8.95. The van der Waals surface area contributed by atoms with E-state index in [0.717, 1.165) is 19.4 Å². The average molecular weight is 190 g/mol. The maximum Gasteiger partial charge on any atom is 0.0829 e. The summed E-state index contributed by atoms with van der Waals surface area (Å²) in [7, 11) is 1.65. The lowest BCUT2D eigenvalue weighted by atomic mass is 10.2. The number of hydrogen-bond donors (Lipinski definition) is 1. The van der Waals surface area contributed by atoms with Gasteiger partial charge in [0.1, 0.15) is 0 Å². The summed E-state index contributed by atoms with van der Waals surface area (Å²) in [5.74, 6) is 0. The molecule has 0 aliphatic rings. The molecule has 3 nitrogen and oxygen atoms in total. The molecule has 0 aromatic rings. The third-order valence-corrected chi connectivity index (χ3v) is 1.88. The monoisotopic (exact) mass is 190 g/mol. The Morgan fingerprint density at radius 1 is 1.38 bits per heavy atom. The van der Waals surface area contributed by atoms with Crippen LogP contribution in [0.4, 0.5) is 0 Å². The maximum atomic E-state index is 9.12. The molecule has 0 saturated carbocycles. The molecule has 0 rings (SSSR count). The molecule has 0 aliphatic heterocycles. The number of aliphatic hydroxyl groups is 1. The highest BCUT2D eigenvalue weighted by molar-refractivity contribution is 4.60. The van der Waals surface area contributed by atoms with Crippen molar-refractivity contribution in [3.05, 3.63) is 0 Å². The molecule has 3 heteroatoms. The van der Waals surface area contributed by atoms with Crippen molar-refractivity contribution in [2.45, 2.75) is 45.3 Å². The van der Waals surface area contributed by atoms with Crippen molar-refractivity contribution in [2.75, 3.05) is 20.3 Å². The van der Waals surface area contributed by atoms with Gasteiger partial charge in [-0.25, -0.2) is 0 Å². The molecule has 0 spiro atoms. The first kappa shape index (κ1) is 12.9. The summed E-state index contributed by atoms with van der Waals surface area (Å²) >= 11 is 0. The van der Waals surface area contributed by atoms with E-state index in [-0.39, 0.29) is 12.2 Å². The average Bonchev–Trinajstić information content (AvgIpc) is 2.09. The Morgan fingerprint density at radius 2 is 2.08 bits per heavy atom. The first-order valence-corrected chi connectivity index (χ1v) is 4.99. The second-order valence-corrected chi connectivity index (χ2v) is 3.37. The highest BCUT2D eigenvalue weighted by atomic mass is 16.5. The van der Waals surface area contributed by atoms with Crippen LogP contribution in [0.3, 0.4) is 0 Å². The Hall–Kier alpha value is -0.120. The van der Waals surface area contributed by atoms with Gasteiger partial charge in [0.05, 0.1) is 18.8 Å². The molecule has 0 saturated heterocycles. The Kier molecular flexibility index (Phi) is 8.40. The SMILES string of the molecule is CCCCOC[C@H](CC(C)O)OC. The maximum absolute atomic E-state index is 9.12. The van der Waals surface area contributed by atoms with E-state index in [9.17, 15) is 0 Å². The van der Waals surface area contributed by atoms with Crippen LogP contribution < -0.4 is 0 Å². The van der Waals surface area contributed by atoms with Crippen LogP contribution in [0.5, 0.6) is 0 Å². The van der Waals surface area contributed by atoms with Gasteiger partial charge in [-0.15, -0.1) is 0 Å². The summed E-state index contributed by atoms with van der Waals surface area (Å²) in [6.07, 6.45) is 2.58. The van der Waals surface area contributed by atoms with E-state index in [1.807, 2.05) is 0 Å². The number of aliphatic hydroxyl groups excluding tert-OH is 1. The Morgan fingerprint density at radius 3 is 2.54 bits per heavy atom. The highest BCUT2D eigenvalue weighted by Gasteiger charge is 2.10. The number of unbranched alkanes of at least 4 members (excludes halogenated alkanes) is 1. The summed E-state index contributed by atoms with van der Waals surface area (Å²) in [5, 5.41) is 9.12. The minimum absolute atomic E-state index is 0.0249. The molecule has 0 fully saturated rings. The zero-order chi connectivity index (χ0) is 10.1. The molecule has 0 bridgehead atoms. The van der Waals surface area contributed by atoms with Crippen LogP contribution in [0.1, 0.15) is 33.1 Å². The summed E-state index contributed by atoms with van der Waals surface area (Å²) in [6.45, 7) is 5.27. The molecule has 1 N–H and O–H groups in total. The van der Waals surface area contributed by atoms with Crippen LogP contribution in [0.25, 0.3) is 0 Å². The molecule has 2 atom stereocenters. The second-order valence-electron chi connectivity index (χ2n) is 3.37. The molecule has 0 radical (unpaired) electrons. The zero-order valence-electron chi connectivity index (χ0n) is 8.95. The van der Waals surface area contributed by atoms with Crippen molar-refractivity contribution >= 4 is 0 Å². The summed E-state index contributed by atoms with van der Waals surface area (Å²) in [6, 6.07) is 0. The van der Waals surface area contributed by atoms with Crippen LogP contribution in [0.15, 0.2) is 0 Å². The van der Waals surface area contributed by atoms with Gasteiger partial charge in [0.15, 0.2) is 0 Å². The summed E-state index contributed by atoms with van der Waals surface area (Å²) < 4.78 is 10.5. The van der Waals surface area contributed by atoms with E-state index in [0.29, 0.717) is 13.0 Å². The van der Waals surface area contributed by atoms with Crippen molar-refractivity contribution < 1.29 is 14.6 Å². The Balaban J connectivity index is 3.36. The van der Waals surface area contributed by atoms with Gasteiger partial charge in [0.2, 0.25) is 0 Å². The van der Waals surface area contributed by atoms with Gasteiger partial charge in [0.25, 0.3) is 0 Å². The van der Waals surface area contributed by atoms with E-state index < -0.39 is 0 Å². The molecule has 80 valence electrons. The lowest BCUT2D eigenvalue weighted by Gasteiger charge is -2.16. The molecule has 0 aliphatic carbocycles. The number of methoxy groups -OCH3 is 1. The second kappa shape index (κ2) is 8.48. The van der Waals surface area contributed by atoms with E-state index in [4.69, 9.17) is 14.6 Å². The van der Waals surface area contributed by atoms with Crippen molar-refractivity contribution in [1.29, 1.82) is 0 Å². The molecule has 0 amide bonds. The minimum Gasteiger partial charge on any atom is -0.393 e. The fourth-order valence-corrected chi connectivity index (χ4v) is 1.07. The van der Waals surface area contributed by atoms with Crippen LogP contribution >= 0.6 is 0 Å². The van der Waals surface area contributed by atoms with E-state index in [1.165, 1.54) is 0 Å². The van der Waals surface area contributed by atoms with Gasteiger partial charge in [-0.1, -0.05) is 13.3 Å². The van der Waals surface area contributed by atoms with Gasteiger partial charge in [0, 0.05) is 20.1 Å². The number of rotatable bonds is 8. The summed E-state index contributed by atoms with van der Waals surface area (Å²) in [4.78, 5) is 0. The third-order valence-electron chi connectivity index (χ3n) is 1.88. The van der Waals surface area contributed by atoms with Crippen LogP contribution in [0.2, 0.25) is 0 Å². The van der Waals surface area contributed by atoms with Gasteiger partial charge in [-0.05, 0) is 13.3 Å². The first-order valence-electron chi connectivity index (χ1n) is 4.99. The van der Waals surface area contributed by atoms with Gasteiger partial charge >= 0.3 is 0 Å². The van der Waals surface area contributed by atoms with Gasteiger partial charge in [-0.2, -0.15) is 0 Å². The Bertz CT molecular complexity index is 104. The molecule has 1 unspecified atom stereocenters. The van der Waals surface area contributed by atoms with E-state index in [1.54, 1.807) is 14.0 Å². The third kappa shape index (κ3) is 8.22. The molecular weight excluding hydrogens is 168 g/mol. The van der Waals surface area contributed by atoms with E-state index in [2.05, 4.69) is 6.92 Å². The predicted octanol–water partition coefficient (Wildman–Crippen LogP) is 1.59. The molecule has 0 aromatic carbocycles. The number of ether oxygens (including phenoxy) is 2. The fraction of sp³-hybridized carbons (Fsp3) is 1.00. The molecular formula is C10H22O3. The van der Waals surface area contributed by atoms with Crippen molar-refractivity contribution in [3.8, 4) is 0 Å². The molecule has 13 heavy (non-hydrogen) atoms. The largest absolute Gasteiger partial charge is 0.393 e. The number of hydrogen-bond acceptors (Lipinski definition) is 3. The van der Waals surface area contributed by atoms with Crippen LogP contribution in [-0.4, -0.2) is 37.6 Å². The quantitative estimate of drug-likeness (QED) is 0.591. The molecule has 0 aromatic heterocycles. The normalized spacial score (nSPS) is 15.7. The fourth-order valence-electron chi connectivity index (χ4n) is 1.07. The minimum atomic E-state index is -0.320. The molecule has 0 heterocycles. The van der Waals surface area contributed by atoms with Gasteiger partial charge < -0.3 is 14.6 Å². The summed E-state index contributed by atoms with van der Waals surface area (Å²) in [5.41, 5.74) is 0. The standard InChI is InChI=1S/C10H22O3/c1-4-5-6-13-8-10(12-3)7-9(2)11/h9-11H,4-8H2,1-3H3/t9?,10-/m0/s1. The van der Waals surface area contributed by atoms with E-state index >= 15 is 0 Å². The smallest absolute Gasteiger partial charge is 0.0829 e. The van der Waals surface area contributed by atoms with Crippen molar-refractivity contribution in [2.24, 2.45) is 0 Å². The van der Waals surface area contributed by atoms with Gasteiger partial charge in [-0.3, -0.25) is 0 Å². The Labute approximate surface area is 81.0 Å². The van der Waals surface area contributed by atoms with Crippen molar-refractivity contribution in [1.82, 2.24) is 0 Å². The predicted molar refractivity (Wildman–Crippen MR) is 52.8 cm³/mol. The topological polar surface area (TPSA) is 38.7 Å². The lowest BCUT2D eigenvalue weighted by Crippen LogP contribution is -2.23. The van der Waals surface area contributed by atoms with Crippen molar-refractivity contribution in [3.63, 3.8) is 0 Å². The highest BCUT2D eigenvalue weighted by Crippen LogP contribution is 2.02.